The molecular formula is C8H8BrF3N2O. The molecule has 0 aliphatic carbocycles. The van der Waals surface area contributed by atoms with Gasteiger partial charge >= 0.3 is 12.2 Å². The Bertz CT molecular complexity index is 356. The molecular weight excluding hydrogens is 277 g/mol. The Hall–Kier alpha value is -0.850. The molecule has 0 aliphatic rings. The average molecular weight is 285 g/mol. The highest BCUT2D eigenvalue weighted by Crippen LogP contribution is 2.23. The molecule has 0 radical (unpaired) electrons. The third-order valence-corrected chi connectivity index (χ3v) is 2.42. The average Bonchev–Trinajstić information content (AvgIpc) is 2.10. The number of hydrogen-bond acceptors (Lipinski definition) is 3. The number of aromatic nitrogens is 2. The van der Waals surface area contributed by atoms with Crippen LogP contribution in [0, 0.1) is 6.92 Å². The summed E-state index contributed by atoms with van der Waals surface area (Å²) >= 11 is 3.13. The molecule has 0 aliphatic heterocycles. The Balaban J connectivity index is 2.78. The Labute approximate surface area is 92.8 Å². The molecule has 0 N–H and O–H groups in total. The van der Waals surface area contributed by atoms with Crippen molar-refractivity contribution in [3.05, 3.63) is 16.4 Å². The third kappa shape index (κ3) is 3.33. The topological polar surface area (TPSA) is 35.0 Å². The number of aryl methyl sites for hydroxylation is 1. The first-order valence-electron chi connectivity index (χ1n) is 4.03. The fourth-order valence-corrected chi connectivity index (χ4v) is 0.904. The van der Waals surface area contributed by atoms with E-state index in [1.54, 1.807) is 6.92 Å². The fourth-order valence-electron chi connectivity index (χ4n) is 0.713. The maximum Gasteiger partial charge on any atom is 0.425 e. The van der Waals surface area contributed by atoms with Crippen molar-refractivity contribution < 1.29 is 17.9 Å². The van der Waals surface area contributed by atoms with E-state index in [-0.39, 0.29) is 6.01 Å². The van der Waals surface area contributed by atoms with Crippen LogP contribution in [0.25, 0.3) is 0 Å². The SMILES string of the molecule is Cc1nc(OC(C)C(F)(F)F)ncc1Br. The van der Waals surface area contributed by atoms with Crippen LogP contribution in [0.15, 0.2) is 10.7 Å². The van der Waals surface area contributed by atoms with Crippen molar-refractivity contribution >= 4 is 15.9 Å². The van der Waals surface area contributed by atoms with E-state index in [2.05, 4.69) is 30.6 Å². The second kappa shape index (κ2) is 4.34. The summed E-state index contributed by atoms with van der Waals surface area (Å²) in [6.07, 6.45) is -4.98. The second-order valence-electron chi connectivity index (χ2n) is 2.89. The zero-order chi connectivity index (χ0) is 11.6. The predicted octanol–water partition coefficient (Wildman–Crippen LogP) is 2.88. The van der Waals surface area contributed by atoms with Crippen molar-refractivity contribution in [3.8, 4) is 6.01 Å². The smallest absolute Gasteiger partial charge is 0.425 e. The molecule has 0 aromatic carbocycles. The highest BCUT2D eigenvalue weighted by molar-refractivity contribution is 9.10. The molecule has 0 spiro atoms. The molecule has 1 aromatic rings. The van der Waals surface area contributed by atoms with Gasteiger partial charge in [0.2, 0.25) is 0 Å². The maximum absolute atomic E-state index is 12.1. The highest BCUT2D eigenvalue weighted by Gasteiger charge is 2.38. The molecule has 7 heteroatoms. The van der Waals surface area contributed by atoms with Crippen molar-refractivity contribution in [1.82, 2.24) is 9.97 Å². The first kappa shape index (κ1) is 12.2. The Morgan fingerprint density at radius 1 is 1.47 bits per heavy atom. The van der Waals surface area contributed by atoms with Gasteiger partial charge in [-0.15, -0.1) is 0 Å². The molecule has 0 bridgehead atoms. The molecule has 0 fully saturated rings. The van der Waals surface area contributed by atoms with Gasteiger partial charge in [-0.25, -0.2) is 4.98 Å². The van der Waals surface area contributed by atoms with Crippen LogP contribution in [0.2, 0.25) is 0 Å². The van der Waals surface area contributed by atoms with E-state index < -0.39 is 12.3 Å². The second-order valence-corrected chi connectivity index (χ2v) is 3.74. The van der Waals surface area contributed by atoms with Crippen molar-refractivity contribution in [3.63, 3.8) is 0 Å². The van der Waals surface area contributed by atoms with Crippen LogP contribution in [-0.4, -0.2) is 22.2 Å². The van der Waals surface area contributed by atoms with Gasteiger partial charge in [0.15, 0.2) is 6.10 Å². The van der Waals surface area contributed by atoms with E-state index in [4.69, 9.17) is 0 Å². The Morgan fingerprint density at radius 2 is 2.07 bits per heavy atom. The summed E-state index contributed by atoms with van der Waals surface area (Å²) in [6, 6.07) is -0.277. The fraction of sp³-hybridized carbons (Fsp3) is 0.500. The van der Waals surface area contributed by atoms with E-state index in [0.29, 0.717) is 10.2 Å². The quantitative estimate of drug-likeness (QED) is 0.838. The summed E-state index contributed by atoms with van der Waals surface area (Å²) in [4.78, 5) is 7.36. The lowest BCUT2D eigenvalue weighted by atomic mass is 10.4. The van der Waals surface area contributed by atoms with Crippen LogP contribution in [0.4, 0.5) is 13.2 Å². The molecule has 15 heavy (non-hydrogen) atoms. The summed E-state index contributed by atoms with van der Waals surface area (Å²) in [6.45, 7) is 2.54. The minimum atomic E-state index is -4.41. The van der Waals surface area contributed by atoms with Crippen LogP contribution in [0.5, 0.6) is 6.01 Å². The number of nitrogens with zero attached hydrogens (tertiary/aromatic N) is 2. The van der Waals surface area contributed by atoms with Crippen molar-refractivity contribution in [2.24, 2.45) is 0 Å². The van der Waals surface area contributed by atoms with Crippen molar-refractivity contribution in [1.29, 1.82) is 0 Å². The molecule has 1 rings (SSSR count). The van der Waals surface area contributed by atoms with Crippen LogP contribution in [0.3, 0.4) is 0 Å². The number of halogens is 4. The van der Waals surface area contributed by atoms with E-state index >= 15 is 0 Å². The molecule has 1 atom stereocenters. The Morgan fingerprint density at radius 3 is 2.53 bits per heavy atom. The first-order chi connectivity index (χ1) is 6.80. The van der Waals surface area contributed by atoms with Gasteiger partial charge in [0.1, 0.15) is 0 Å². The molecule has 0 saturated heterocycles. The highest BCUT2D eigenvalue weighted by atomic mass is 79.9. The number of rotatable bonds is 2. The number of ether oxygens (including phenoxy) is 1. The van der Waals surface area contributed by atoms with E-state index in [1.807, 2.05) is 0 Å². The molecule has 3 nitrogen and oxygen atoms in total. The minimum Gasteiger partial charge on any atom is -0.451 e. The van der Waals surface area contributed by atoms with Gasteiger partial charge in [0.25, 0.3) is 0 Å². The molecule has 0 amide bonds. The summed E-state index contributed by atoms with van der Waals surface area (Å²) in [5.41, 5.74) is 0.523. The summed E-state index contributed by atoms with van der Waals surface area (Å²) in [7, 11) is 0. The van der Waals surface area contributed by atoms with E-state index in [9.17, 15) is 13.2 Å². The first-order valence-corrected chi connectivity index (χ1v) is 4.82. The molecule has 1 heterocycles. The number of alkyl halides is 3. The van der Waals surface area contributed by atoms with Gasteiger partial charge in [0, 0.05) is 6.20 Å². The zero-order valence-corrected chi connectivity index (χ0v) is 9.56. The van der Waals surface area contributed by atoms with Gasteiger partial charge < -0.3 is 4.74 Å². The lowest BCUT2D eigenvalue weighted by Gasteiger charge is -2.16. The lowest BCUT2D eigenvalue weighted by Crippen LogP contribution is -2.31. The standard InChI is InChI=1S/C8H8BrF3N2O/c1-4-6(9)3-13-7(14-4)15-5(2)8(10,11)12/h3,5H,1-2H3. The van der Waals surface area contributed by atoms with Gasteiger partial charge in [-0.1, -0.05) is 0 Å². The molecule has 84 valence electrons. The summed E-state index contributed by atoms with van der Waals surface area (Å²) < 4.78 is 41.5. The summed E-state index contributed by atoms with van der Waals surface area (Å²) in [5.74, 6) is 0. The van der Waals surface area contributed by atoms with Gasteiger partial charge in [-0.3, -0.25) is 0 Å². The predicted molar refractivity (Wildman–Crippen MR) is 50.6 cm³/mol. The molecule has 0 saturated carbocycles. The Kier molecular flexibility index (Phi) is 3.54. The van der Waals surface area contributed by atoms with E-state index in [0.717, 1.165) is 6.92 Å². The molecule has 1 aromatic heterocycles. The van der Waals surface area contributed by atoms with Crippen molar-refractivity contribution in [2.75, 3.05) is 0 Å². The zero-order valence-electron chi connectivity index (χ0n) is 7.97. The van der Waals surface area contributed by atoms with Crippen LogP contribution < -0.4 is 4.74 Å². The summed E-state index contributed by atoms with van der Waals surface area (Å²) in [5, 5.41) is 0. The van der Waals surface area contributed by atoms with Gasteiger partial charge in [-0.05, 0) is 29.8 Å². The van der Waals surface area contributed by atoms with Crippen molar-refractivity contribution in [2.45, 2.75) is 26.1 Å². The molecule has 1 unspecified atom stereocenters. The monoisotopic (exact) mass is 284 g/mol. The van der Waals surface area contributed by atoms with Crippen LogP contribution >= 0.6 is 15.9 Å². The van der Waals surface area contributed by atoms with Crippen LogP contribution in [-0.2, 0) is 0 Å². The van der Waals surface area contributed by atoms with Crippen LogP contribution in [0.1, 0.15) is 12.6 Å². The third-order valence-electron chi connectivity index (χ3n) is 1.64. The minimum absolute atomic E-state index is 0.277. The normalized spacial score (nSPS) is 13.7. The largest absolute Gasteiger partial charge is 0.451 e. The van der Waals surface area contributed by atoms with Gasteiger partial charge in [0.05, 0.1) is 10.2 Å². The van der Waals surface area contributed by atoms with Gasteiger partial charge in [-0.2, -0.15) is 18.2 Å². The van der Waals surface area contributed by atoms with E-state index in [1.165, 1.54) is 6.20 Å². The lowest BCUT2D eigenvalue weighted by molar-refractivity contribution is -0.190. The maximum atomic E-state index is 12.1. The number of hydrogen-bond donors (Lipinski definition) is 0.